The molecule has 0 fully saturated rings. The van der Waals surface area contributed by atoms with Crippen molar-refractivity contribution in [1.82, 2.24) is 16.0 Å². The summed E-state index contributed by atoms with van der Waals surface area (Å²) in [6.45, 7) is 1.87. The van der Waals surface area contributed by atoms with Gasteiger partial charge in [0.05, 0.1) is 6.04 Å². The molecule has 0 aliphatic heterocycles. The van der Waals surface area contributed by atoms with E-state index in [4.69, 9.17) is 17.2 Å². The van der Waals surface area contributed by atoms with Crippen LogP contribution in [0, 0.1) is 0 Å². The van der Waals surface area contributed by atoms with Gasteiger partial charge in [-0.3, -0.25) is 19.2 Å². The number of primary amides is 1. The van der Waals surface area contributed by atoms with Crippen LogP contribution in [0.25, 0.3) is 0 Å². The van der Waals surface area contributed by atoms with Gasteiger partial charge in [0.15, 0.2) is 0 Å². The molecule has 206 valence electrons. The number of benzene rings is 2. The van der Waals surface area contributed by atoms with E-state index < -0.39 is 47.8 Å². The first kappa shape index (κ1) is 30.3. The van der Waals surface area contributed by atoms with E-state index in [0.717, 1.165) is 11.1 Å². The molecule has 0 bridgehead atoms. The number of carbonyl (C=O) groups is 4. The zero-order chi connectivity index (χ0) is 28.1. The maximum Gasteiger partial charge on any atom is 0.243 e. The van der Waals surface area contributed by atoms with Gasteiger partial charge in [-0.15, -0.1) is 0 Å². The third-order valence-corrected chi connectivity index (χ3v) is 6.01. The molecule has 0 aliphatic rings. The molecule has 2 aromatic carbocycles. The number of aromatic hydroxyl groups is 1. The Morgan fingerprint density at radius 1 is 0.789 bits per heavy atom. The number of hydrogen-bond donors (Lipinski definition) is 7. The third kappa shape index (κ3) is 10.2. The number of rotatable bonds is 15. The summed E-state index contributed by atoms with van der Waals surface area (Å²) in [6.07, 6.45) is 1.85. The Kier molecular flexibility index (Phi) is 12.2. The van der Waals surface area contributed by atoms with Crippen molar-refractivity contribution in [3.63, 3.8) is 0 Å². The molecule has 2 aromatic rings. The summed E-state index contributed by atoms with van der Waals surface area (Å²) >= 11 is 0. The second-order valence-electron chi connectivity index (χ2n) is 9.21. The number of nitrogens with two attached hydrogens (primary N) is 3. The van der Waals surface area contributed by atoms with E-state index >= 15 is 0 Å². The number of phenolic OH excluding ortho intramolecular Hbond substituents is 1. The summed E-state index contributed by atoms with van der Waals surface area (Å²) in [6, 6.07) is 11.6. The van der Waals surface area contributed by atoms with Crippen molar-refractivity contribution < 1.29 is 24.3 Å². The topological polar surface area (TPSA) is 203 Å². The van der Waals surface area contributed by atoms with Crippen LogP contribution in [0.15, 0.2) is 54.6 Å². The van der Waals surface area contributed by atoms with E-state index in [-0.39, 0.29) is 25.0 Å². The van der Waals surface area contributed by atoms with Gasteiger partial charge in [0.1, 0.15) is 23.9 Å². The number of amides is 4. The van der Waals surface area contributed by atoms with Crippen molar-refractivity contribution in [3.8, 4) is 5.75 Å². The van der Waals surface area contributed by atoms with Crippen LogP contribution in [0.4, 0.5) is 0 Å². The molecule has 0 saturated carbocycles. The Balaban J connectivity index is 2.17. The maximum absolute atomic E-state index is 13.4. The SMILES string of the molecule is C[C@H](NC(=O)[C@H](CCCCN)NC(=O)[C@H](Cc1ccccc1)NC(=O)[C@@H](N)Cc1ccc(O)cc1)C(N)=O. The Morgan fingerprint density at radius 2 is 1.37 bits per heavy atom. The molecule has 0 aromatic heterocycles. The van der Waals surface area contributed by atoms with Crippen molar-refractivity contribution in [2.75, 3.05) is 6.54 Å². The van der Waals surface area contributed by atoms with E-state index in [0.29, 0.717) is 19.4 Å². The monoisotopic (exact) mass is 526 g/mol. The number of nitrogens with one attached hydrogen (secondary N) is 3. The van der Waals surface area contributed by atoms with Gasteiger partial charge in [-0.1, -0.05) is 42.5 Å². The molecular formula is C27H38N6O5. The van der Waals surface area contributed by atoms with Crippen molar-refractivity contribution in [2.24, 2.45) is 17.2 Å². The Hall–Kier alpha value is -3.96. The molecule has 2 rings (SSSR count). The summed E-state index contributed by atoms with van der Waals surface area (Å²) in [7, 11) is 0. The zero-order valence-corrected chi connectivity index (χ0v) is 21.6. The Bertz CT molecular complexity index is 1060. The van der Waals surface area contributed by atoms with Crippen LogP contribution in [0.2, 0.25) is 0 Å². The van der Waals surface area contributed by atoms with Crippen LogP contribution in [0.3, 0.4) is 0 Å². The third-order valence-electron chi connectivity index (χ3n) is 6.01. The normalized spacial score (nSPS) is 14.0. The van der Waals surface area contributed by atoms with Gasteiger partial charge in [0.25, 0.3) is 0 Å². The van der Waals surface area contributed by atoms with E-state index in [2.05, 4.69) is 16.0 Å². The number of hydrogen-bond acceptors (Lipinski definition) is 7. The molecule has 4 amide bonds. The van der Waals surface area contributed by atoms with Crippen molar-refractivity contribution in [2.45, 2.75) is 63.2 Å². The molecular weight excluding hydrogens is 488 g/mol. The molecule has 0 aliphatic carbocycles. The van der Waals surface area contributed by atoms with Gasteiger partial charge >= 0.3 is 0 Å². The van der Waals surface area contributed by atoms with Gasteiger partial charge in [0, 0.05) is 6.42 Å². The lowest BCUT2D eigenvalue weighted by Crippen LogP contribution is -2.57. The Labute approximate surface area is 222 Å². The van der Waals surface area contributed by atoms with Crippen molar-refractivity contribution in [1.29, 1.82) is 0 Å². The fourth-order valence-corrected chi connectivity index (χ4v) is 3.74. The summed E-state index contributed by atoms with van der Waals surface area (Å²) in [5, 5.41) is 17.4. The van der Waals surface area contributed by atoms with Crippen LogP contribution in [-0.4, -0.2) is 59.4 Å². The maximum atomic E-state index is 13.4. The van der Waals surface area contributed by atoms with Crippen LogP contribution in [0.1, 0.15) is 37.3 Å². The summed E-state index contributed by atoms with van der Waals surface area (Å²) in [4.78, 5) is 50.6. The van der Waals surface area contributed by atoms with Gasteiger partial charge in [-0.25, -0.2) is 0 Å². The highest BCUT2D eigenvalue weighted by atomic mass is 16.3. The molecule has 0 saturated heterocycles. The molecule has 4 atom stereocenters. The van der Waals surface area contributed by atoms with E-state index in [1.54, 1.807) is 12.1 Å². The van der Waals surface area contributed by atoms with Crippen LogP contribution >= 0.6 is 0 Å². The molecule has 11 heteroatoms. The first-order valence-electron chi connectivity index (χ1n) is 12.6. The minimum Gasteiger partial charge on any atom is -0.508 e. The highest BCUT2D eigenvalue weighted by Gasteiger charge is 2.29. The summed E-state index contributed by atoms with van der Waals surface area (Å²) in [5.74, 6) is -2.28. The Morgan fingerprint density at radius 3 is 1.97 bits per heavy atom. The van der Waals surface area contributed by atoms with E-state index in [1.165, 1.54) is 19.1 Å². The van der Waals surface area contributed by atoms with Crippen molar-refractivity contribution in [3.05, 3.63) is 65.7 Å². The number of phenols is 1. The van der Waals surface area contributed by atoms with Crippen LogP contribution < -0.4 is 33.2 Å². The average Bonchev–Trinajstić information content (AvgIpc) is 2.89. The van der Waals surface area contributed by atoms with E-state index in [9.17, 15) is 24.3 Å². The molecule has 0 radical (unpaired) electrons. The van der Waals surface area contributed by atoms with Crippen LogP contribution in [-0.2, 0) is 32.0 Å². The van der Waals surface area contributed by atoms with Gasteiger partial charge in [-0.2, -0.15) is 0 Å². The highest BCUT2D eigenvalue weighted by Crippen LogP contribution is 2.12. The molecule has 0 spiro atoms. The van der Waals surface area contributed by atoms with Gasteiger partial charge < -0.3 is 38.3 Å². The lowest BCUT2D eigenvalue weighted by Gasteiger charge is -2.25. The predicted octanol–water partition coefficient (Wildman–Crippen LogP) is -0.407. The lowest BCUT2D eigenvalue weighted by molar-refractivity contribution is -0.133. The minimum absolute atomic E-state index is 0.0987. The zero-order valence-electron chi connectivity index (χ0n) is 21.6. The second-order valence-corrected chi connectivity index (χ2v) is 9.21. The fraction of sp³-hybridized carbons (Fsp3) is 0.407. The fourth-order valence-electron chi connectivity index (χ4n) is 3.74. The minimum atomic E-state index is -1.02. The second kappa shape index (κ2) is 15.3. The standard InChI is InChI=1S/C27H38N6O5/c1-17(24(30)35)31-26(37)22(9-5-6-14-28)32-27(38)23(16-18-7-3-2-4-8-18)33-25(36)21(29)15-19-10-12-20(34)13-11-19/h2-4,7-8,10-13,17,21-23,34H,5-6,9,14-16,28-29H2,1H3,(H2,30,35)(H,31,37)(H,32,38)(H,33,36)/t17-,21-,22-,23-/m0/s1. The lowest BCUT2D eigenvalue weighted by atomic mass is 10.0. The summed E-state index contributed by atoms with van der Waals surface area (Å²) < 4.78 is 0. The molecule has 38 heavy (non-hydrogen) atoms. The molecule has 10 N–H and O–H groups in total. The quantitative estimate of drug-likeness (QED) is 0.153. The highest BCUT2D eigenvalue weighted by molar-refractivity contribution is 5.94. The first-order chi connectivity index (χ1) is 18.1. The molecule has 11 nitrogen and oxygen atoms in total. The van der Waals surface area contributed by atoms with E-state index in [1.807, 2.05) is 30.3 Å². The summed E-state index contributed by atoms with van der Waals surface area (Å²) in [5.41, 5.74) is 18.5. The molecule has 0 heterocycles. The van der Waals surface area contributed by atoms with Crippen molar-refractivity contribution >= 4 is 23.6 Å². The first-order valence-corrected chi connectivity index (χ1v) is 12.6. The average molecular weight is 527 g/mol. The largest absolute Gasteiger partial charge is 0.508 e. The smallest absolute Gasteiger partial charge is 0.243 e. The molecule has 0 unspecified atom stereocenters. The van der Waals surface area contributed by atoms with Gasteiger partial charge in [0.2, 0.25) is 23.6 Å². The van der Waals surface area contributed by atoms with Crippen LogP contribution in [0.5, 0.6) is 5.75 Å². The number of unbranched alkanes of at least 4 members (excludes halogenated alkanes) is 1. The van der Waals surface area contributed by atoms with Gasteiger partial charge in [-0.05, 0) is 62.4 Å². The number of carbonyl (C=O) groups excluding carboxylic acids is 4. The predicted molar refractivity (Wildman–Crippen MR) is 143 cm³/mol.